The van der Waals surface area contributed by atoms with E-state index in [1.54, 1.807) is 27.3 Å². The topological polar surface area (TPSA) is 174 Å². The van der Waals surface area contributed by atoms with Gasteiger partial charge in [0.25, 0.3) is 5.91 Å². The molecule has 45 heavy (non-hydrogen) atoms. The Morgan fingerprint density at radius 2 is 1.84 bits per heavy atom. The molecule has 5 aliphatic carbocycles. The highest BCUT2D eigenvalue weighted by atomic mass is 16.5. The van der Waals surface area contributed by atoms with Crippen molar-refractivity contribution in [3.63, 3.8) is 0 Å². The van der Waals surface area contributed by atoms with Crippen LogP contribution >= 0.6 is 0 Å². The minimum Gasteiger partial charge on any atom is -0.508 e. The van der Waals surface area contributed by atoms with Crippen molar-refractivity contribution < 1.29 is 39.5 Å². The highest BCUT2D eigenvalue weighted by Gasteiger charge is 2.64. The number of hydrogen-bond donors (Lipinski definition) is 5. The van der Waals surface area contributed by atoms with E-state index < -0.39 is 58.0 Å². The summed E-state index contributed by atoms with van der Waals surface area (Å²) in [6, 6.07) is 0.459. The van der Waals surface area contributed by atoms with Crippen molar-refractivity contribution in [2.45, 2.75) is 76.5 Å². The van der Waals surface area contributed by atoms with Crippen molar-refractivity contribution in [3.05, 3.63) is 39.7 Å². The van der Waals surface area contributed by atoms with Crippen LogP contribution < -0.4 is 10.5 Å². The van der Waals surface area contributed by atoms with E-state index in [1.807, 2.05) is 0 Å². The third kappa shape index (κ3) is 4.85. The number of likely N-dealkylation sites (N-methyl/N-ethyl adjacent to an activating group) is 1. The van der Waals surface area contributed by atoms with E-state index in [0.717, 1.165) is 25.1 Å². The van der Waals surface area contributed by atoms with Gasteiger partial charge in [-0.05, 0) is 82.4 Å². The largest absolute Gasteiger partial charge is 0.508 e. The van der Waals surface area contributed by atoms with Gasteiger partial charge in [-0.2, -0.15) is 0 Å². The van der Waals surface area contributed by atoms with Gasteiger partial charge < -0.3 is 30.9 Å². The molecule has 0 heterocycles. The first-order valence-electron chi connectivity index (χ1n) is 16.1. The number of methoxy groups -OCH3 is 1. The Morgan fingerprint density at radius 1 is 1.16 bits per heavy atom. The fourth-order valence-corrected chi connectivity index (χ4v) is 8.59. The molecule has 0 spiro atoms. The molecule has 11 heteroatoms. The predicted molar refractivity (Wildman–Crippen MR) is 165 cm³/mol. The molecular formula is C34H45N3O8. The second-order valence-corrected chi connectivity index (χ2v) is 14.2. The summed E-state index contributed by atoms with van der Waals surface area (Å²) in [4.78, 5) is 43.6. The van der Waals surface area contributed by atoms with Gasteiger partial charge >= 0.3 is 0 Å². The number of ether oxygens (including phenoxy) is 1. The Hall–Kier alpha value is -3.41. The second-order valence-electron chi connectivity index (χ2n) is 14.2. The van der Waals surface area contributed by atoms with Gasteiger partial charge in [-0.25, -0.2) is 0 Å². The van der Waals surface area contributed by atoms with E-state index in [2.05, 4.69) is 11.8 Å². The number of hydrogen-bond acceptors (Lipinski definition) is 10. The lowest BCUT2D eigenvalue weighted by atomic mass is 9.57. The third-order valence-corrected chi connectivity index (χ3v) is 11.3. The van der Waals surface area contributed by atoms with E-state index >= 15 is 0 Å². The number of carbonyl (C=O) groups is 3. The molecule has 0 aliphatic heterocycles. The summed E-state index contributed by atoms with van der Waals surface area (Å²) in [5.41, 5.74) is 3.45. The predicted octanol–water partition coefficient (Wildman–Crippen LogP) is 2.76. The Bertz CT molecular complexity index is 1520. The standard InChI is InChI=1S/C34H45N3O8/c1-5-33(9-6-10-33)16-37(14-17-7-8-17)15-19-13-22(38)24-20(29(19)45-4)11-18-12-21-26(36(2)3)28(40)25(32(35)43)31(42)34(21,44)30(41)23(18)27(24)39/h13,17-18,21,26,38-39,42,44H,5-12,14-16H2,1-4H3,(H2,35,43)/t18-,21-,26-,34-/m0/s1. The summed E-state index contributed by atoms with van der Waals surface area (Å²) in [7, 11) is 4.72. The molecule has 0 unspecified atom stereocenters. The Kier molecular flexibility index (Phi) is 7.81. The van der Waals surface area contributed by atoms with Gasteiger partial charge in [-0.3, -0.25) is 24.2 Å². The average molecular weight is 624 g/mol. The van der Waals surface area contributed by atoms with Crippen molar-refractivity contribution in [1.82, 2.24) is 9.80 Å². The number of carbonyl (C=O) groups excluding carboxylic acids is 3. The van der Waals surface area contributed by atoms with Crippen LogP contribution in [-0.4, -0.2) is 93.6 Å². The minimum absolute atomic E-state index is 0.0345. The van der Waals surface area contributed by atoms with Crippen LogP contribution in [0.2, 0.25) is 0 Å². The quantitative estimate of drug-likeness (QED) is 0.244. The van der Waals surface area contributed by atoms with Crippen LogP contribution in [-0.2, 0) is 27.3 Å². The average Bonchev–Trinajstić information content (AvgIpc) is 3.76. The zero-order valence-corrected chi connectivity index (χ0v) is 26.6. The molecule has 1 aromatic carbocycles. The van der Waals surface area contributed by atoms with E-state index in [-0.39, 0.29) is 29.7 Å². The summed E-state index contributed by atoms with van der Waals surface area (Å²) >= 11 is 0. The molecule has 4 atom stereocenters. The molecule has 3 saturated carbocycles. The molecular weight excluding hydrogens is 578 g/mol. The number of aliphatic hydroxyl groups is 3. The van der Waals surface area contributed by atoms with E-state index in [4.69, 9.17) is 10.5 Å². The van der Waals surface area contributed by atoms with E-state index in [1.165, 1.54) is 37.0 Å². The first-order valence-corrected chi connectivity index (χ1v) is 16.1. The number of benzene rings is 1. The molecule has 0 bridgehead atoms. The molecule has 1 amide bonds. The smallest absolute Gasteiger partial charge is 0.255 e. The van der Waals surface area contributed by atoms with Crippen molar-refractivity contribution in [2.75, 3.05) is 34.3 Å². The Labute approximate surface area is 263 Å². The number of rotatable bonds is 10. The van der Waals surface area contributed by atoms with Crippen molar-refractivity contribution in [2.24, 2.45) is 28.9 Å². The Morgan fingerprint density at radius 3 is 2.38 bits per heavy atom. The summed E-state index contributed by atoms with van der Waals surface area (Å²) in [5, 5.41) is 45.8. The number of ketones is 2. The number of aliphatic hydroxyl groups excluding tert-OH is 2. The zero-order valence-electron chi connectivity index (χ0n) is 26.6. The summed E-state index contributed by atoms with van der Waals surface area (Å²) in [6.07, 6.45) is 7.45. The minimum atomic E-state index is -2.66. The van der Waals surface area contributed by atoms with Crippen molar-refractivity contribution in [1.29, 1.82) is 0 Å². The monoisotopic (exact) mass is 623 g/mol. The Balaban J connectivity index is 1.43. The molecule has 1 aromatic rings. The summed E-state index contributed by atoms with van der Waals surface area (Å²) in [5.74, 6) is -5.45. The van der Waals surface area contributed by atoms with Gasteiger partial charge in [-0.15, -0.1) is 0 Å². The highest BCUT2D eigenvalue weighted by molar-refractivity contribution is 6.24. The van der Waals surface area contributed by atoms with Gasteiger partial charge in [-0.1, -0.05) is 13.3 Å². The lowest BCUT2D eigenvalue weighted by Crippen LogP contribution is -2.65. The number of fused-ring (bicyclic) bond motifs is 3. The number of aromatic hydroxyl groups is 1. The fraction of sp³-hybridized carbons (Fsp3) is 0.618. The number of primary amides is 1. The first kappa shape index (κ1) is 31.6. The number of phenolic OH excluding ortho intramolecular Hbond substituents is 1. The van der Waals surface area contributed by atoms with Crippen LogP contribution in [0, 0.1) is 23.2 Å². The van der Waals surface area contributed by atoms with E-state index in [9.17, 15) is 34.8 Å². The van der Waals surface area contributed by atoms with Crippen LogP contribution in [0.3, 0.4) is 0 Å². The number of Topliss-reactive ketones (excluding diaryl/α,β-unsaturated/α-hetero) is 2. The first-order chi connectivity index (χ1) is 21.3. The van der Waals surface area contributed by atoms with Gasteiger partial charge in [0.05, 0.1) is 18.7 Å². The molecule has 0 radical (unpaired) electrons. The summed E-state index contributed by atoms with van der Waals surface area (Å²) in [6.45, 7) is 4.76. The van der Waals surface area contributed by atoms with Gasteiger partial charge in [0.2, 0.25) is 5.78 Å². The molecule has 0 aromatic heterocycles. The lowest BCUT2D eigenvalue weighted by Gasteiger charge is -2.50. The van der Waals surface area contributed by atoms with Gasteiger partial charge in [0.1, 0.15) is 28.6 Å². The lowest BCUT2D eigenvalue weighted by molar-refractivity contribution is -0.153. The summed E-state index contributed by atoms with van der Waals surface area (Å²) < 4.78 is 5.97. The van der Waals surface area contributed by atoms with Crippen LogP contribution in [0.4, 0.5) is 0 Å². The van der Waals surface area contributed by atoms with Crippen LogP contribution in [0.1, 0.15) is 68.6 Å². The van der Waals surface area contributed by atoms with Crippen molar-refractivity contribution >= 4 is 23.2 Å². The molecule has 6 rings (SSSR count). The number of phenols is 1. The SMILES string of the molecule is CCC1(CN(Cc2cc(O)c3c(c2OC)C[C@H]2C[C@H]4[C@H](N(C)C)C(=O)C(C(N)=O)=C(O)[C@@]4(O)C(=O)C2=C3O)CC2CC2)CCC1. The highest BCUT2D eigenvalue weighted by Crippen LogP contribution is 2.54. The number of amides is 1. The second kappa shape index (κ2) is 11.1. The molecule has 11 nitrogen and oxygen atoms in total. The molecule has 6 N–H and O–H groups in total. The molecule has 244 valence electrons. The maximum atomic E-state index is 14.1. The zero-order chi connectivity index (χ0) is 32.6. The third-order valence-electron chi connectivity index (χ3n) is 11.3. The normalized spacial score (nSPS) is 29.0. The number of nitrogens with zero attached hydrogens (tertiary/aromatic N) is 2. The maximum absolute atomic E-state index is 14.1. The maximum Gasteiger partial charge on any atom is 0.255 e. The van der Waals surface area contributed by atoms with Crippen molar-refractivity contribution in [3.8, 4) is 11.5 Å². The van der Waals surface area contributed by atoms with Crippen LogP contribution in [0.5, 0.6) is 11.5 Å². The molecule has 0 saturated heterocycles. The van der Waals surface area contributed by atoms with E-state index in [0.29, 0.717) is 29.2 Å². The number of nitrogens with two attached hydrogens (primary N) is 1. The van der Waals surface area contributed by atoms with Gasteiger partial charge in [0, 0.05) is 42.3 Å². The van der Waals surface area contributed by atoms with Crippen LogP contribution in [0.25, 0.3) is 5.76 Å². The van der Waals surface area contributed by atoms with Gasteiger partial charge in [0.15, 0.2) is 11.4 Å². The molecule has 3 fully saturated rings. The fourth-order valence-electron chi connectivity index (χ4n) is 8.59. The molecule has 5 aliphatic rings. The van der Waals surface area contributed by atoms with Crippen LogP contribution in [0.15, 0.2) is 23.0 Å².